The van der Waals surface area contributed by atoms with Crippen LogP contribution in [0.15, 0.2) is 36.4 Å². The fraction of sp³-hybridized carbons (Fsp3) is 0.391. The molecule has 0 radical (unpaired) electrons. The minimum absolute atomic E-state index is 0.0382. The van der Waals surface area contributed by atoms with Gasteiger partial charge in [0.15, 0.2) is 0 Å². The Labute approximate surface area is 186 Å². The number of nitro benzene ring substituents is 1. The number of likely N-dealkylation sites (tertiary alicyclic amines) is 1. The lowest BCUT2D eigenvalue weighted by Crippen LogP contribution is -2.46. The van der Waals surface area contributed by atoms with Crippen molar-refractivity contribution in [3.8, 4) is 11.5 Å². The normalized spacial score (nSPS) is 15.4. The fourth-order valence-electron chi connectivity index (χ4n) is 4.00. The summed E-state index contributed by atoms with van der Waals surface area (Å²) in [4.78, 5) is 40.0. The van der Waals surface area contributed by atoms with Crippen LogP contribution in [0.3, 0.4) is 0 Å². The van der Waals surface area contributed by atoms with Gasteiger partial charge in [-0.15, -0.1) is 0 Å². The molecule has 2 aromatic rings. The Balaban J connectivity index is 1.76. The first-order valence-corrected chi connectivity index (χ1v) is 10.3. The first-order valence-electron chi connectivity index (χ1n) is 10.3. The van der Waals surface area contributed by atoms with Crippen LogP contribution in [0.1, 0.15) is 34.3 Å². The number of carbonyl (C=O) groups excluding carboxylic acids is 2. The molecule has 0 spiro atoms. The van der Waals surface area contributed by atoms with Gasteiger partial charge in [0, 0.05) is 49.0 Å². The van der Waals surface area contributed by atoms with Gasteiger partial charge >= 0.3 is 0 Å². The van der Waals surface area contributed by atoms with E-state index in [0.717, 1.165) is 5.56 Å². The maximum atomic E-state index is 13.2. The van der Waals surface area contributed by atoms with E-state index in [0.29, 0.717) is 48.6 Å². The number of hydrogen-bond acceptors (Lipinski definition) is 6. The number of likely N-dealkylation sites (N-methyl/N-ethyl adjacent to an activating group) is 1. The maximum absolute atomic E-state index is 13.2. The molecule has 2 amide bonds. The third kappa shape index (κ3) is 4.66. The number of amides is 2. The first-order chi connectivity index (χ1) is 15.3. The van der Waals surface area contributed by atoms with Crippen molar-refractivity contribution < 1.29 is 24.0 Å². The molecular formula is C23H27N3O6. The third-order valence-corrected chi connectivity index (χ3v) is 5.72. The van der Waals surface area contributed by atoms with Crippen molar-refractivity contribution in [3.05, 3.63) is 63.2 Å². The summed E-state index contributed by atoms with van der Waals surface area (Å²) < 4.78 is 10.6. The Morgan fingerprint density at radius 2 is 1.94 bits per heavy atom. The zero-order valence-electron chi connectivity index (χ0n) is 18.7. The van der Waals surface area contributed by atoms with Gasteiger partial charge in [0.1, 0.15) is 17.5 Å². The quantitative estimate of drug-likeness (QED) is 0.483. The number of nitrogens with zero attached hydrogens (tertiary/aromatic N) is 3. The SMILES string of the molecule is COc1ccc(CN(C)C(=O)C2CCCN2C(=O)c2ccc([N+](=O)[O-])c(C)c2)c(OC)c1. The van der Waals surface area contributed by atoms with E-state index in [4.69, 9.17) is 9.47 Å². The van der Waals surface area contributed by atoms with Crippen LogP contribution in [0, 0.1) is 17.0 Å². The van der Waals surface area contributed by atoms with Gasteiger partial charge in [0.25, 0.3) is 11.6 Å². The van der Waals surface area contributed by atoms with Crippen LogP contribution in [0.5, 0.6) is 11.5 Å². The molecule has 1 aliphatic heterocycles. The predicted molar refractivity (Wildman–Crippen MR) is 118 cm³/mol. The average molecular weight is 441 g/mol. The molecule has 9 heteroatoms. The molecule has 1 saturated heterocycles. The largest absolute Gasteiger partial charge is 0.497 e. The summed E-state index contributed by atoms with van der Waals surface area (Å²) in [6.07, 6.45) is 1.29. The molecule has 0 aliphatic carbocycles. The van der Waals surface area contributed by atoms with Gasteiger partial charge in [0.05, 0.1) is 19.1 Å². The molecule has 1 atom stereocenters. The van der Waals surface area contributed by atoms with Crippen molar-refractivity contribution in [2.75, 3.05) is 27.8 Å². The van der Waals surface area contributed by atoms with Crippen LogP contribution in [0.25, 0.3) is 0 Å². The van der Waals surface area contributed by atoms with Crippen LogP contribution in [-0.2, 0) is 11.3 Å². The second-order valence-corrected chi connectivity index (χ2v) is 7.79. The van der Waals surface area contributed by atoms with Crippen molar-refractivity contribution in [1.29, 1.82) is 0 Å². The van der Waals surface area contributed by atoms with Gasteiger partial charge < -0.3 is 19.3 Å². The second-order valence-electron chi connectivity index (χ2n) is 7.79. The van der Waals surface area contributed by atoms with E-state index in [1.165, 1.54) is 18.2 Å². The Kier molecular flexibility index (Phi) is 6.97. The van der Waals surface area contributed by atoms with Gasteiger partial charge in [-0.1, -0.05) is 0 Å². The van der Waals surface area contributed by atoms with Crippen molar-refractivity contribution >= 4 is 17.5 Å². The fourth-order valence-corrected chi connectivity index (χ4v) is 4.00. The molecule has 2 aromatic carbocycles. The van der Waals surface area contributed by atoms with E-state index in [2.05, 4.69) is 0 Å². The first kappa shape index (κ1) is 23.1. The zero-order valence-corrected chi connectivity index (χ0v) is 18.7. The number of carbonyl (C=O) groups is 2. The summed E-state index contributed by atoms with van der Waals surface area (Å²) >= 11 is 0. The highest BCUT2D eigenvalue weighted by Gasteiger charge is 2.36. The van der Waals surface area contributed by atoms with Crippen LogP contribution < -0.4 is 9.47 Å². The standard InChI is InChI=1S/C23H27N3O6/c1-15-12-16(8-10-19(15)26(29)30)22(27)25-11-5-6-20(25)23(28)24(2)14-17-7-9-18(31-3)13-21(17)32-4/h7-10,12-13,20H,5-6,11,14H2,1-4H3. The molecule has 170 valence electrons. The third-order valence-electron chi connectivity index (χ3n) is 5.72. The van der Waals surface area contributed by atoms with E-state index >= 15 is 0 Å². The topological polar surface area (TPSA) is 102 Å². The monoisotopic (exact) mass is 441 g/mol. The molecule has 1 fully saturated rings. The molecular weight excluding hydrogens is 414 g/mol. The van der Waals surface area contributed by atoms with E-state index in [1.54, 1.807) is 50.1 Å². The van der Waals surface area contributed by atoms with Crippen LogP contribution in [0.2, 0.25) is 0 Å². The Hall–Kier alpha value is -3.62. The molecule has 0 aromatic heterocycles. The summed E-state index contributed by atoms with van der Waals surface area (Å²) in [5, 5.41) is 11.1. The summed E-state index contributed by atoms with van der Waals surface area (Å²) in [7, 11) is 4.83. The smallest absolute Gasteiger partial charge is 0.272 e. The summed E-state index contributed by atoms with van der Waals surface area (Å²) in [5.41, 5.74) is 1.54. The van der Waals surface area contributed by atoms with E-state index in [-0.39, 0.29) is 17.5 Å². The van der Waals surface area contributed by atoms with Gasteiger partial charge in [-0.25, -0.2) is 0 Å². The summed E-state index contributed by atoms with van der Waals surface area (Å²) in [6.45, 7) is 2.38. The number of rotatable bonds is 7. The highest BCUT2D eigenvalue weighted by molar-refractivity contribution is 5.98. The lowest BCUT2D eigenvalue weighted by molar-refractivity contribution is -0.385. The van der Waals surface area contributed by atoms with Crippen molar-refractivity contribution in [2.45, 2.75) is 32.4 Å². The molecule has 3 rings (SSSR count). The minimum atomic E-state index is -0.577. The molecule has 9 nitrogen and oxygen atoms in total. The molecule has 0 bridgehead atoms. The lowest BCUT2D eigenvalue weighted by Gasteiger charge is -2.28. The van der Waals surface area contributed by atoms with Gasteiger partial charge in [-0.2, -0.15) is 0 Å². The number of hydrogen-bond donors (Lipinski definition) is 0. The van der Waals surface area contributed by atoms with E-state index in [1.807, 2.05) is 6.07 Å². The van der Waals surface area contributed by atoms with E-state index < -0.39 is 11.0 Å². The summed E-state index contributed by atoms with van der Waals surface area (Å²) in [6, 6.07) is 9.11. The molecule has 32 heavy (non-hydrogen) atoms. The maximum Gasteiger partial charge on any atom is 0.272 e. The second kappa shape index (κ2) is 9.67. The van der Waals surface area contributed by atoms with E-state index in [9.17, 15) is 19.7 Å². The van der Waals surface area contributed by atoms with Gasteiger partial charge in [-0.3, -0.25) is 19.7 Å². The molecule has 0 N–H and O–H groups in total. The molecule has 1 unspecified atom stereocenters. The summed E-state index contributed by atoms with van der Waals surface area (Å²) in [5.74, 6) is 0.817. The van der Waals surface area contributed by atoms with Crippen molar-refractivity contribution in [2.24, 2.45) is 0 Å². The lowest BCUT2D eigenvalue weighted by atomic mass is 10.1. The number of ether oxygens (including phenoxy) is 2. The predicted octanol–water partition coefficient (Wildman–Crippen LogP) is 3.18. The van der Waals surface area contributed by atoms with Crippen LogP contribution in [-0.4, -0.2) is 60.4 Å². The van der Waals surface area contributed by atoms with Crippen molar-refractivity contribution in [3.63, 3.8) is 0 Å². The zero-order chi connectivity index (χ0) is 23.4. The average Bonchev–Trinajstić information content (AvgIpc) is 3.27. The molecule has 0 saturated carbocycles. The number of benzene rings is 2. The number of aryl methyl sites for hydroxylation is 1. The molecule has 1 heterocycles. The molecule has 1 aliphatic rings. The Morgan fingerprint density at radius 1 is 1.19 bits per heavy atom. The Morgan fingerprint density at radius 3 is 2.56 bits per heavy atom. The van der Waals surface area contributed by atoms with Crippen molar-refractivity contribution in [1.82, 2.24) is 9.80 Å². The van der Waals surface area contributed by atoms with Gasteiger partial charge in [0.2, 0.25) is 5.91 Å². The van der Waals surface area contributed by atoms with Gasteiger partial charge in [-0.05, 0) is 44.0 Å². The highest BCUT2D eigenvalue weighted by Crippen LogP contribution is 2.28. The van der Waals surface area contributed by atoms with Crippen LogP contribution in [0.4, 0.5) is 5.69 Å². The van der Waals surface area contributed by atoms with Crippen LogP contribution >= 0.6 is 0 Å². The number of nitro groups is 1. The Bertz CT molecular complexity index is 1040. The highest BCUT2D eigenvalue weighted by atomic mass is 16.6. The number of methoxy groups -OCH3 is 2. The minimum Gasteiger partial charge on any atom is -0.497 e.